The Hall–Kier alpha value is -1.26. The molecule has 0 spiro atoms. The Balaban J connectivity index is 0.00000400. The minimum absolute atomic E-state index is 0. The Kier molecular flexibility index (Phi) is 9.06. The number of benzene rings is 1. The van der Waals surface area contributed by atoms with E-state index in [1.807, 2.05) is 39.0 Å². The van der Waals surface area contributed by atoms with Gasteiger partial charge >= 0.3 is 0 Å². The quantitative estimate of drug-likeness (QED) is 0.813. The van der Waals surface area contributed by atoms with Gasteiger partial charge in [-0.3, -0.25) is 4.79 Å². The highest BCUT2D eigenvalue weighted by Crippen LogP contribution is 2.22. The predicted molar refractivity (Wildman–Crippen MR) is 88.9 cm³/mol. The zero-order valence-electron chi connectivity index (χ0n) is 13.3. The molecular formula is C16H27ClN2O2. The molecule has 0 saturated carbocycles. The Morgan fingerprint density at radius 2 is 2.05 bits per heavy atom. The molecule has 0 bridgehead atoms. The maximum Gasteiger partial charge on any atom is 0.224 e. The summed E-state index contributed by atoms with van der Waals surface area (Å²) in [5, 5.41) is 2.90. The van der Waals surface area contributed by atoms with Gasteiger partial charge in [-0.25, -0.2) is 0 Å². The molecule has 0 aliphatic heterocycles. The zero-order valence-corrected chi connectivity index (χ0v) is 14.1. The number of ether oxygens (including phenoxy) is 1. The predicted octanol–water partition coefficient (Wildman–Crippen LogP) is 2.81. The lowest BCUT2D eigenvalue weighted by molar-refractivity contribution is -0.124. The summed E-state index contributed by atoms with van der Waals surface area (Å²) < 4.78 is 5.92. The highest BCUT2D eigenvalue weighted by atomic mass is 35.5. The maximum absolute atomic E-state index is 11.8. The summed E-state index contributed by atoms with van der Waals surface area (Å²) >= 11 is 0. The van der Waals surface area contributed by atoms with Crippen LogP contribution < -0.4 is 15.8 Å². The topological polar surface area (TPSA) is 64.3 Å². The number of rotatable bonds is 7. The molecule has 5 heteroatoms. The molecule has 1 rings (SSSR count). The van der Waals surface area contributed by atoms with Crippen LogP contribution in [0.5, 0.6) is 5.75 Å². The van der Waals surface area contributed by atoms with E-state index in [4.69, 9.17) is 10.5 Å². The summed E-state index contributed by atoms with van der Waals surface area (Å²) in [6.07, 6.45) is 1.11. The summed E-state index contributed by atoms with van der Waals surface area (Å²) in [4.78, 5) is 11.8. The monoisotopic (exact) mass is 314 g/mol. The molecular weight excluding hydrogens is 288 g/mol. The van der Waals surface area contributed by atoms with Crippen molar-refractivity contribution in [1.82, 2.24) is 5.32 Å². The Bertz CT molecular complexity index is 452. The molecule has 0 saturated heterocycles. The van der Waals surface area contributed by atoms with Gasteiger partial charge in [0, 0.05) is 24.6 Å². The van der Waals surface area contributed by atoms with Gasteiger partial charge in [0.05, 0.1) is 6.10 Å². The largest absolute Gasteiger partial charge is 0.490 e. The smallest absolute Gasteiger partial charge is 0.224 e. The van der Waals surface area contributed by atoms with Crippen LogP contribution in [0.3, 0.4) is 0 Å². The highest BCUT2D eigenvalue weighted by molar-refractivity contribution is 5.85. The number of nitrogens with one attached hydrogen (secondary N) is 1. The van der Waals surface area contributed by atoms with Crippen LogP contribution in [0, 0.1) is 12.8 Å². The van der Waals surface area contributed by atoms with Gasteiger partial charge in [0.25, 0.3) is 0 Å². The van der Waals surface area contributed by atoms with E-state index < -0.39 is 0 Å². The third-order valence-corrected chi connectivity index (χ3v) is 3.38. The van der Waals surface area contributed by atoms with Gasteiger partial charge < -0.3 is 15.8 Å². The number of carbonyl (C=O) groups excluding carboxylic acids is 1. The fourth-order valence-corrected chi connectivity index (χ4v) is 1.68. The molecule has 0 radical (unpaired) electrons. The summed E-state index contributed by atoms with van der Waals surface area (Å²) in [5.74, 6) is 0.655. The van der Waals surface area contributed by atoms with Crippen LogP contribution in [-0.2, 0) is 11.3 Å². The van der Waals surface area contributed by atoms with Crippen molar-refractivity contribution in [2.75, 3.05) is 6.54 Å². The molecule has 0 aliphatic carbocycles. The first-order chi connectivity index (χ1) is 9.47. The summed E-state index contributed by atoms with van der Waals surface area (Å²) in [6, 6.07) is 6.04. The van der Waals surface area contributed by atoms with E-state index in [2.05, 4.69) is 12.2 Å². The van der Waals surface area contributed by atoms with E-state index in [9.17, 15) is 4.79 Å². The van der Waals surface area contributed by atoms with E-state index >= 15 is 0 Å². The van der Waals surface area contributed by atoms with Crippen LogP contribution in [0.2, 0.25) is 0 Å². The second-order valence-corrected chi connectivity index (χ2v) is 5.30. The van der Waals surface area contributed by atoms with E-state index in [0.29, 0.717) is 13.1 Å². The van der Waals surface area contributed by atoms with Crippen molar-refractivity contribution in [2.45, 2.75) is 46.8 Å². The van der Waals surface area contributed by atoms with E-state index in [1.165, 1.54) is 0 Å². The maximum atomic E-state index is 11.8. The number of hydrogen-bond acceptors (Lipinski definition) is 3. The van der Waals surface area contributed by atoms with Gasteiger partial charge in [0.15, 0.2) is 0 Å². The molecule has 2 atom stereocenters. The number of halogens is 1. The lowest BCUT2D eigenvalue weighted by atomic mass is 10.1. The first-order valence-corrected chi connectivity index (χ1v) is 7.21. The Morgan fingerprint density at radius 1 is 1.38 bits per heavy atom. The highest BCUT2D eigenvalue weighted by Gasteiger charge is 2.12. The average molecular weight is 315 g/mol. The molecule has 1 aromatic rings. The molecule has 0 fully saturated rings. The molecule has 1 amide bonds. The number of amides is 1. The third-order valence-electron chi connectivity index (χ3n) is 3.38. The lowest BCUT2D eigenvalue weighted by Crippen LogP contribution is -2.33. The van der Waals surface area contributed by atoms with Gasteiger partial charge in [0.1, 0.15) is 5.75 Å². The van der Waals surface area contributed by atoms with E-state index in [0.717, 1.165) is 23.3 Å². The third kappa shape index (κ3) is 6.36. The fourth-order valence-electron chi connectivity index (χ4n) is 1.68. The molecule has 1 aromatic carbocycles. The van der Waals surface area contributed by atoms with Crippen molar-refractivity contribution < 1.29 is 9.53 Å². The molecule has 2 unspecified atom stereocenters. The van der Waals surface area contributed by atoms with Crippen molar-refractivity contribution in [3.63, 3.8) is 0 Å². The molecule has 21 heavy (non-hydrogen) atoms. The summed E-state index contributed by atoms with van der Waals surface area (Å²) in [7, 11) is 0. The SMILES string of the molecule is CCC(C)Oc1cc(C)ccc1CNC(=O)C(C)CN.Cl. The average Bonchev–Trinajstić information content (AvgIpc) is 2.44. The molecule has 0 aromatic heterocycles. The number of hydrogen-bond donors (Lipinski definition) is 2. The van der Waals surface area contributed by atoms with Gasteiger partial charge in [-0.1, -0.05) is 26.0 Å². The van der Waals surface area contributed by atoms with Crippen LogP contribution in [0.4, 0.5) is 0 Å². The zero-order chi connectivity index (χ0) is 15.1. The summed E-state index contributed by atoms with van der Waals surface area (Å²) in [5.41, 5.74) is 7.63. The fraction of sp³-hybridized carbons (Fsp3) is 0.562. The standard InChI is InChI=1S/C16H26N2O2.ClH/c1-5-13(4)20-15-8-11(2)6-7-14(15)10-18-16(19)12(3)9-17;/h6-8,12-13H,5,9-10,17H2,1-4H3,(H,18,19);1H. The van der Waals surface area contributed by atoms with Gasteiger partial charge in [-0.15, -0.1) is 12.4 Å². The van der Waals surface area contributed by atoms with Crippen LogP contribution >= 0.6 is 12.4 Å². The molecule has 0 heterocycles. The van der Waals surface area contributed by atoms with Crippen LogP contribution in [0.15, 0.2) is 18.2 Å². The Morgan fingerprint density at radius 3 is 2.62 bits per heavy atom. The first kappa shape index (κ1) is 19.7. The van der Waals surface area contributed by atoms with Crippen molar-refractivity contribution in [1.29, 1.82) is 0 Å². The van der Waals surface area contributed by atoms with Crippen molar-refractivity contribution >= 4 is 18.3 Å². The Labute approximate surface area is 133 Å². The summed E-state index contributed by atoms with van der Waals surface area (Å²) in [6.45, 7) is 8.81. The lowest BCUT2D eigenvalue weighted by Gasteiger charge is -2.18. The second kappa shape index (κ2) is 9.64. The van der Waals surface area contributed by atoms with E-state index in [-0.39, 0.29) is 30.3 Å². The number of aryl methyl sites for hydroxylation is 1. The van der Waals surface area contributed by atoms with Crippen molar-refractivity contribution in [3.8, 4) is 5.75 Å². The minimum atomic E-state index is -0.167. The molecule has 3 N–H and O–H groups in total. The van der Waals surface area contributed by atoms with Gasteiger partial charge in [-0.05, 0) is 31.9 Å². The van der Waals surface area contributed by atoms with Gasteiger partial charge in [-0.2, -0.15) is 0 Å². The molecule has 0 aliphatic rings. The second-order valence-electron chi connectivity index (χ2n) is 5.30. The van der Waals surface area contributed by atoms with Gasteiger partial charge in [0.2, 0.25) is 5.91 Å². The van der Waals surface area contributed by atoms with Crippen molar-refractivity contribution in [3.05, 3.63) is 29.3 Å². The first-order valence-electron chi connectivity index (χ1n) is 7.21. The van der Waals surface area contributed by atoms with E-state index in [1.54, 1.807) is 0 Å². The van der Waals surface area contributed by atoms with Crippen LogP contribution in [-0.4, -0.2) is 18.6 Å². The molecule has 4 nitrogen and oxygen atoms in total. The van der Waals surface area contributed by atoms with Crippen molar-refractivity contribution in [2.24, 2.45) is 11.7 Å². The van der Waals surface area contributed by atoms with Crippen LogP contribution in [0.25, 0.3) is 0 Å². The normalized spacial score (nSPS) is 13.0. The number of carbonyl (C=O) groups is 1. The molecule has 120 valence electrons. The minimum Gasteiger partial charge on any atom is -0.490 e. The van der Waals surface area contributed by atoms with Crippen LogP contribution in [0.1, 0.15) is 38.3 Å². The number of nitrogens with two attached hydrogens (primary N) is 1.